The maximum atomic E-state index is 13.5. The largest absolute Gasteiger partial charge is 0.462 e. The van der Waals surface area contributed by atoms with Crippen molar-refractivity contribution in [2.45, 2.75) is 82.0 Å². The molecule has 0 aromatic heterocycles. The number of carbonyl (C=O) groups is 1. The number of esters is 1. The van der Waals surface area contributed by atoms with Crippen LogP contribution in [0.25, 0.3) is 0 Å². The summed E-state index contributed by atoms with van der Waals surface area (Å²) >= 11 is 0. The van der Waals surface area contributed by atoms with Gasteiger partial charge in [0.15, 0.2) is 14.6 Å². The topological polar surface area (TPSA) is 104 Å². The first-order chi connectivity index (χ1) is 12.6. The Morgan fingerprint density at radius 1 is 1.11 bits per heavy atom. The van der Waals surface area contributed by atoms with Crippen LogP contribution in [0.3, 0.4) is 0 Å². The Labute approximate surface area is 161 Å². The lowest BCUT2D eigenvalue weighted by Gasteiger charge is -2.32. The van der Waals surface area contributed by atoms with Crippen LogP contribution in [0.5, 0.6) is 0 Å². The number of nitrogens with zero attached hydrogens (tertiary/aromatic N) is 1. The van der Waals surface area contributed by atoms with Crippen molar-refractivity contribution >= 4 is 21.5 Å². The molecule has 0 saturated heterocycles. The van der Waals surface area contributed by atoms with Crippen molar-refractivity contribution in [2.75, 3.05) is 0 Å². The SMILES string of the molecule is CCCCC(CCCC)(C(=O)OC(C)C)S(=O)(=O)c1ccc([N+](=O)[O-])cc1. The second kappa shape index (κ2) is 9.82. The third kappa shape index (κ3) is 5.28. The molecule has 0 aliphatic rings. The molecule has 0 unspecified atom stereocenters. The molecular formula is C19H29NO6S. The molecule has 0 saturated carbocycles. The molecule has 1 aromatic rings. The van der Waals surface area contributed by atoms with Gasteiger partial charge in [-0.1, -0.05) is 39.5 Å². The van der Waals surface area contributed by atoms with E-state index in [1.54, 1.807) is 13.8 Å². The fraction of sp³-hybridized carbons (Fsp3) is 0.632. The zero-order valence-electron chi connectivity index (χ0n) is 16.4. The highest BCUT2D eigenvalue weighted by Crippen LogP contribution is 2.37. The van der Waals surface area contributed by atoms with Crippen molar-refractivity contribution in [3.63, 3.8) is 0 Å². The summed E-state index contributed by atoms with van der Waals surface area (Å²) in [5.74, 6) is -0.738. The Morgan fingerprint density at radius 3 is 1.96 bits per heavy atom. The highest BCUT2D eigenvalue weighted by atomic mass is 32.2. The van der Waals surface area contributed by atoms with Gasteiger partial charge in [-0.25, -0.2) is 8.42 Å². The Bertz CT molecular complexity index is 732. The van der Waals surface area contributed by atoms with Gasteiger partial charge in [-0.15, -0.1) is 0 Å². The molecule has 0 radical (unpaired) electrons. The summed E-state index contributed by atoms with van der Waals surface area (Å²) < 4.78 is 30.7. The van der Waals surface area contributed by atoms with Crippen molar-refractivity contribution in [2.24, 2.45) is 0 Å². The molecule has 1 rings (SSSR count). The van der Waals surface area contributed by atoms with Crippen molar-refractivity contribution < 1.29 is 22.9 Å². The highest BCUT2D eigenvalue weighted by molar-refractivity contribution is 7.93. The molecule has 0 spiro atoms. The van der Waals surface area contributed by atoms with E-state index in [9.17, 15) is 23.3 Å². The lowest BCUT2D eigenvalue weighted by atomic mass is 9.95. The van der Waals surface area contributed by atoms with Crippen molar-refractivity contribution in [3.05, 3.63) is 34.4 Å². The van der Waals surface area contributed by atoms with Crippen LogP contribution in [0.2, 0.25) is 0 Å². The molecule has 27 heavy (non-hydrogen) atoms. The van der Waals surface area contributed by atoms with Gasteiger partial charge in [-0.2, -0.15) is 0 Å². The first-order valence-corrected chi connectivity index (χ1v) is 10.8. The number of sulfone groups is 1. The van der Waals surface area contributed by atoms with E-state index in [0.717, 1.165) is 25.0 Å². The number of nitro groups is 1. The van der Waals surface area contributed by atoms with Crippen LogP contribution in [0.4, 0.5) is 5.69 Å². The average molecular weight is 400 g/mol. The van der Waals surface area contributed by atoms with Crippen LogP contribution in [0.15, 0.2) is 29.2 Å². The predicted molar refractivity (Wildman–Crippen MR) is 103 cm³/mol. The van der Waals surface area contributed by atoms with Crippen LogP contribution in [0.1, 0.15) is 66.2 Å². The van der Waals surface area contributed by atoms with E-state index in [-0.39, 0.29) is 23.4 Å². The van der Waals surface area contributed by atoms with Gasteiger partial charge in [0.05, 0.1) is 15.9 Å². The van der Waals surface area contributed by atoms with Crippen molar-refractivity contribution in [1.82, 2.24) is 0 Å². The first-order valence-electron chi connectivity index (χ1n) is 9.32. The number of hydrogen-bond donors (Lipinski definition) is 0. The molecule has 0 fully saturated rings. The summed E-state index contributed by atoms with van der Waals surface area (Å²) in [6.07, 6.45) is 2.47. The summed E-state index contributed by atoms with van der Waals surface area (Å²) in [6.45, 7) is 7.22. The van der Waals surface area contributed by atoms with Gasteiger partial charge < -0.3 is 4.74 Å². The standard InChI is InChI=1S/C19H29NO6S/c1-5-7-13-19(14-8-6-2,18(21)26-15(3)4)27(24,25)17-11-9-16(10-12-17)20(22)23/h9-12,15H,5-8,13-14H2,1-4H3. The molecule has 0 amide bonds. The lowest BCUT2D eigenvalue weighted by Crippen LogP contribution is -2.48. The number of carbonyl (C=O) groups excluding carboxylic acids is 1. The lowest BCUT2D eigenvalue weighted by molar-refractivity contribution is -0.384. The van der Waals surface area contributed by atoms with E-state index in [1.807, 2.05) is 13.8 Å². The highest BCUT2D eigenvalue weighted by Gasteiger charge is 2.51. The first kappa shape index (κ1) is 23.1. The quantitative estimate of drug-likeness (QED) is 0.309. The Morgan fingerprint density at radius 2 is 1.59 bits per heavy atom. The summed E-state index contributed by atoms with van der Waals surface area (Å²) in [7, 11) is -4.09. The Hall–Kier alpha value is -1.96. The van der Waals surface area contributed by atoms with Crippen molar-refractivity contribution in [1.29, 1.82) is 0 Å². The molecule has 152 valence electrons. The number of hydrogen-bond acceptors (Lipinski definition) is 6. The summed E-state index contributed by atoms with van der Waals surface area (Å²) in [4.78, 5) is 23.1. The van der Waals surface area contributed by atoms with Gasteiger partial charge in [0.25, 0.3) is 5.69 Å². The van der Waals surface area contributed by atoms with Crippen LogP contribution < -0.4 is 0 Å². The zero-order chi connectivity index (χ0) is 20.7. The minimum atomic E-state index is -4.09. The van der Waals surface area contributed by atoms with Gasteiger partial charge >= 0.3 is 5.97 Å². The molecule has 1 aromatic carbocycles. The molecule has 8 heteroatoms. The van der Waals surface area contributed by atoms with Crippen LogP contribution in [-0.4, -0.2) is 30.2 Å². The summed E-state index contributed by atoms with van der Waals surface area (Å²) in [5, 5.41) is 10.9. The Kier molecular flexibility index (Phi) is 8.40. The molecule has 7 nitrogen and oxygen atoms in total. The van der Waals surface area contributed by atoms with Crippen LogP contribution in [-0.2, 0) is 19.4 Å². The molecule has 0 heterocycles. The summed E-state index contributed by atoms with van der Waals surface area (Å²) in [6, 6.07) is 4.68. The zero-order valence-corrected chi connectivity index (χ0v) is 17.3. The maximum absolute atomic E-state index is 13.5. The molecule has 0 atom stereocenters. The van der Waals surface area contributed by atoms with E-state index in [1.165, 1.54) is 12.1 Å². The summed E-state index contributed by atoms with van der Waals surface area (Å²) in [5.41, 5.74) is -0.202. The third-order valence-corrected chi connectivity index (χ3v) is 6.95. The van der Waals surface area contributed by atoms with E-state index < -0.39 is 31.6 Å². The third-order valence-electron chi connectivity index (χ3n) is 4.46. The molecule has 0 N–H and O–H groups in total. The second-order valence-electron chi connectivity index (χ2n) is 6.91. The van der Waals surface area contributed by atoms with Crippen molar-refractivity contribution in [3.8, 4) is 0 Å². The van der Waals surface area contributed by atoms with E-state index >= 15 is 0 Å². The average Bonchev–Trinajstić information content (AvgIpc) is 2.61. The molecule has 0 aliphatic heterocycles. The van der Waals surface area contributed by atoms with Crippen LogP contribution in [0, 0.1) is 10.1 Å². The van der Waals surface area contributed by atoms with Crippen LogP contribution >= 0.6 is 0 Å². The minimum Gasteiger partial charge on any atom is -0.462 e. The number of ether oxygens (including phenoxy) is 1. The monoisotopic (exact) mass is 399 g/mol. The number of unbranched alkanes of at least 4 members (excludes halogenated alkanes) is 2. The number of rotatable bonds is 11. The van der Waals surface area contributed by atoms with E-state index in [0.29, 0.717) is 12.8 Å². The molecule has 0 bridgehead atoms. The van der Waals surface area contributed by atoms with E-state index in [4.69, 9.17) is 4.74 Å². The van der Waals surface area contributed by atoms with Gasteiger partial charge in [0.1, 0.15) is 0 Å². The molecular weight excluding hydrogens is 370 g/mol. The van der Waals surface area contributed by atoms with Gasteiger partial charge in [0.2, 0.25) is 0 Å². The predicted octanol–water partition coefficient (Wildman–Crippen LogP) is 4.44. The Balaban J connectivity index is 3.51. The number of nitro benzene ring substituents is 1. The number of benzene rings is 1. The maximum Gasteiger partial charge on any atom is 0.328 e. The molecule has 0 aliphatic carbocycles. The van der Waals surface area contributed by atoms with Gasteiger partial charge in [-0.05, 0) is 38.8 Å². The van der Waals surface area contributed by atoms with Gasteiger partial charge in [-0.3, -0.25) is 14.9 Å². The fourth-order valence-corrected chi connectivity index (χ4v) is 4.97. The fourth-order valence-electron chi connectivity index (χ4n) is 2.93. The smallest absolute Gasteiger partial charge is 0.328 e. The second-order valence-corrected chi connectivity index (χ2v) is 9.17. The number of non-ortho nitro benzene ring substituents is 1. The van der Waals surface area contributed by atoms with Gasteiger partial charge in [0, 0.05) is 12.1 Å². The minimum absolute atomic E-state index is 0.0963. The normalized spacial score (nSPS) is 12.2. The van der Waals surface area contributed by atoms with E-state index in [2.05, 4.69) is 0 Å².